The highest BCUT2D eigenvalue weighted by Crippen LogP contribution is 2.40. The van der Waals surface area contributed by atoms with E-state index in [1.807, 2.05) is 11.9 Å². The normalized spacial score (nSPS) is 22.5. The van der Waals surface area contributed by atoms with E-state index >= 15 is 0 Å². The second-order valence-corrected chi connectivity index (χ2v) is 9.71. The second-order valence-electron chi connectivity index (χ2n) is 8.66. The minimum absolute atomic E-state index is 0.00750. The van der Waals surface area contributed by atoms with Crippen LogP contribution >= 0.6 is 11.3 Å². The molecule has 1 saturated heterocycles. The van der Waals surface area contributed by atoms with Crippen LogP contribution in [-0.4, -0.2) is 55.9 Å². The van der Waals surface area contributed by atoms with Crippen LogP contribution in [0, 0.1) is 5.92 Å². The third-order valence-electron chi connectivity index (χ3n) is 5.92. The summed E-state index contributed by atoms with van der Waals surface area (Å²) in [6.07, 6.45) is -0.677. The van der Waals surface area contributed by atoms with Crippen molar-refractivity contribution in [2.45, 2.75) is 44.1 Å². The lowest BCUT2D eigenvalue weighted by Gasteiger charge is -2.33. The number of thiophene rings is 1. The van der Waals surface area contributed by atoms with Crippen molar-refractivity contribution in [3.8, 4) is 0 Å². The van der Waals surface area contributed by atoms with E-state index < -0.39 is 18.8 Å². The van der Waals surface area contributed by atoms with Crippen molar-refractivity contribution in [3.63, 3.8) is 0 Å². The van der Waals surface area contributed by atoms with Gasteiger partial charge in [-0.25, -0.2) is 4.39 Å². The van der Waals surface area contributed by atoms with Gasteiger partial charge in [0.05, 0.1) is 22.8 Å². The number of piperidine rings is 1. The SMILES string of the molecule is CN1CC[C@@H](Nc2cccc3c(CC(F)(F)F)c(/C=C/CNC(=O)C4CC4)sc23)[C@@H](F)C1. The van der Waals surface area contributed by atoms with Crippen LogP contribution in [0.1, 0.15) is 29.7 Å². The molecule has 0 unspecified atom stereocenters. The first-order valence-corrected chi connectivity index (χ1v) is 11.7. The zero-order valence-electron chi connectivity index (χ0n) is 17.8. The zero-order chi connectivity index (χ0) is 22.9. The van der Waals surface area contributed by atoms with Gasteiger partial charge in [0, 0.05) is 30.4 Å². The molecular weight excluding hydrogens is 442 g/mol. The molecular formula is C23H27F4N3OS. The third kappa shape index (κ3) is 5.61. The molecule has 1 aromatic heterocycles. The van der Waals surface area contributed by atoms with E-state index in [1.54, 1.807) is 30.4 Å². The van der Waals surface area contributed by atoms with E-state index in [0.29, 0.717) is 33.6 Å². The molecule has 1 saturated carbocycles. The zero-order valence-corrected chi connectivity index (χ0v) is 18.7. The number of carbonyl (C=O) groups excluding carboxylic acids is 1. The van der Waals surface area contributed by atoms with Crippen molar-refractivity contribution in [1.82, 2.24) is 10.2 Å². The van der Waals surface area contributed by atoms with Crippen LogP contribution in [0.25, 0.3) is 16.2 Å². The lowest BCUT2D eigenvalue weighted by Crippen LogP contribution is -2.46. The Morgan fingerprint density at radius 1 is 1.28 bits per heavy atom. The van der Waals surface area contributed by atoms with Gasteiger partial charge in [0.1, 0.15) is 6.17 Å². The van der Waals surface area contributed by atoms with Gasteiger partial charge < -0.3 is 15.5 Å². The second kappa shape index (κ2) is 9.39. The Kier molecular flexibility index (Phi) is 6.76. The first kappa shape index (κ1) is 23.0. The largest absolute Gasteiger partial charge is 0.393 e. The van der Waals surface area contributed by atoms with Crippen molar-refractivity contribution >= 4 is 39.1 Å². The van der Waals surface area contributed by atoms with Crippen LogP contribution in [0.15, 0.2) is 24.3 Å². The number of likely N-dealkylation sites (tertiary alicyclic amines) is 1. The van der Waals surface area contributed by atoms with Crippen molar-refractivity contribution in [1.29, 1.82) is 0 Å². The topological polar surface area (TPSA) is 44.4 Å². The average Bonchev–Trinajstić information content (AvgIpc) is 3.51. The maximum absolute atomic E-state index is 14.5. The predicted molar refractivity (Wildman–Crippen MR) is 121 cm³/mol. The number of amides is 1. The minimum atomic E-state index is -4.35. The molecule has 2 N–H and O–H groups in total. The third-order valence-corrected chi connectivity index (χ3v) is 7.17. The lowest BCUT2D eigenvalue weighted by atomic mass is 10.0. The molecule has 2 heterocycles. The summed E-state index contributed by atoms with van der Waals surface area (Å²) in [7, 11) is 1.87. The highest BCUT2D eigenvalue weighted by atomic mass is 32.1. The summed E-state index contributed by atoms with van der Waals surface area (Å²) in [4.78, 5) is 14.2. The van der Waals surface area contributed by atoms with E-state index in [4.69, 9.17) is 0 Å². The number of hydrogen-bond donors (Lipinski definition) is 2. The molecule has 0 radical (unpaired) electrons. The van der Waals surface area contributed by atoms with Crippen LogP contribution in [-0.2, 0) is 11.2 Å². The molecule has 1 amide bonds. The first-order valence-electron chi connectivity index (χ1n) is 10.9. The van der Waals surface area contributed by atoms with Gasteiger partial charge >= 0.3 is 6.18 Å². The molecule has 2 fully saturated rings. The molecule has 32 heavy (non-hydrogen) atoms. The number of rotatable bonds is 7. The Morgan fingerprint density at radius 2 is 2.06 bits per heavy atom. The Balaban J connectivity index is 1.59. The van der Waals surface area contributed by atoms with Crippen LogP contribution in [0.3, 0.4) is 0 Å². The number of alkyl halides is 4. The fraction of sp³-hybridized carbons (Fsp3) is 0.522. The standard InChI is InChI=1S/C23H27F4N3OS/c1-30-11-9-18(17(24)13-30)29-19-5-2-4-15-16(12-23(25,26)27)20(32-21(15)19)6-3-10-28-22(31)14-7-8-14/h2-6,14,17-18,29H,7-13H2,1H3,(H,28,31)/b6-3+/t17-,18+/m0/s1. The first-order chi connectivity index (χ1) is 15.2. The lowest BCUT2D eigenvalue weighted by molar-refractivity contribution is -0.127. The van der Waals surface area contributed by atoms with Crippen LogP contribution < -0.4 is 10.6 Å². The Bertz CT molecular complexity index is 999. The van der Waals surface area contributed by atoms with E-state index in [9.17, 15) is 22.4 Å². The number of carbonyl (C=O) groups is 1. The summed E-state index contributed by atoms with van der Waals surface area (Å²) in [6.45, 7) is 1.37. The molecule has 1 aliphatic carbocycles. The van der Waals surface area contributed by atoms with Crippen molar-refractivity contribution in [2.75, 3.05) is 32.0 Å². The van der Waals surface area contributed by atoms with E-state index in [-0.39, 0.29) is 30.0 Å². The Hall–Kier alpha value is -2.13. The molecule has 4 nitrogen and oxygen atoms in total. The number of nitrogens with one attached hydrogen (secondary N) is 2. The highest BCUT2D eigenvalue weighted by molar-refractivity contribution is 7.20. The molecule has 0 spiro atoms. The highest BCUT2D eigenvalue weighted by Gasteiger charge is 2.32. The number of halogens is 4. The molecule has 174 valence electrons. The quantitative estimate of drug-likeness (QED) is 0.561. The molecule has 2 atom stereocenters. The summed E-state index contributed by atoms with van der Waals surface area (Å²) < 4.78 is 55.2. The van der Waals surface area contributed by atoms with Crippen molar-refractivity contribution < 1.29 is 22.4 Å². The molecule has 1 aliphatic heterocycles. The van der Waals surface area contributed by atoms with Gasteiger partial charge in [-0.3, -0.25) is 4.79 Å². The molecule has 4 rings (SSSR count). The van der Waals surface area contributed by atoms with Gasteiger partial charge in [0.25, 0.3) is 0 Å². The summed E-state index contributed by atoms with van der Waals surface area (Å²) in [5, 5.41) is 6.56. The van der Waals surface area contributed by atoms with Crippen molar-refractivity contribution in [2.24, 2.45) is 5.92 Å². The number of nitrogens with zero attached hydrogens (tertiary/aromatic N) is 1. The van der Waals surface area contributed by atoms with Crippen LogP contribution in [0.2, 0.25) is 0 Å². The molecule has 9 heteroatoms. The molecule has 0 bridgehead atoms. The maximum Gasteiger partial charge on any atom is 0.393 e. The number of fused-ring (bicyclic) bond motifs is 1. The smallest absolute Gasteiger partial charge is 0.378 e. The summed E-state index contributed by atoms with van der Waals surface area (Å²) in [5.41, 5.74) is 0.876. The van der Waals surface area contributed by atoms with Gasteiger partial charge in [0.2, 0.25) is 5.91 Å². The van der Waals surface area contributed by atoms with Crippen molar-refractivity contribution in [3.05, 3.63) is 34.7 Å². The van der Waals surface area contributed by atoms with Crippen LogP contribution in [0.4, 0.5) is 23.2 Å². The van der Waals surface area contributed by atoms with Gasteiger partial charge in [-0.2, -0.15) is 13.2 Å². The summed E-state index contributed by atoms with van der Waals surface area (Å²) in [6, 6.07) is 4.82. The van der Waals surface area contributed by atoms with E-state index in [1.165, 1.54) is 11.3 Å². The van der Waals surface area contributed by atoms with E-state index in [0.717, 1.165) is 19.4 Å². The van der Waals surface area contributed by atoms with Gasteiger partial charge in [-0.05, 0) is 49.4 Å². The Morgan fingerprint density at radius 3 is 2.75 bits per heavy atom. The molecule has 1 aromatic carbocycles. The van der Waals surface area contributed by atoms with E-state index in [2.05, 4.69) is 10.6 Å². The van der Waals surface area contributed by atoms with Crippen LogP contribution in [0.5, 0.6) is 0 Å². The average molecular weight is 470 g/mol. The molecule has 2 aromatic rings. The monoisotopic (exact) mass is 469 g/mol. The van der Waals surface area contributed by atoms with Gasteiger partial charge in [0.15, 0.2) is 0 Å². The number of benzene rings is 1. The molecule has 2 aliphatic rings. The number of hydrogen-bond acceptors (Lipinski definition) is 4. The van der Waals surface area contributed by atoms with Gasteiger partial charge in [-0.15, -0.1) is 11.3 Å². The predicted octanol–water partition coefficient (Wildman–Crippen LogP) is 5.00. The number of anilines is 1. The fourth-order valence-corrected chi connectivity index (χ4v) is 5.28. The maximum atomic E-state index is 14.5. The Labute approximate surface area is 188 Å². The minimum Gasteiger partial charge on any atom is -0.378 e. The summed E-state index contributed by atoms with van der Waals surface area (Å²) >= 11 is 1.26. The fourth-order valence-electron chi connectivity index (χ4n) is 4.05. The van der Waals surface area contributed by atoms with Gasteiger partial charge in [-0.1, -0.05) is 18.2 Å². The summed E-state index contributed by atoms with van der Waals surface area (Å²) in [5.74, 6) is 0.0768.